The molecule has 1 atom stereocenters. The van der Waals surface area contributed by atoms with Crippen LogP contribution >= 0.6 is 0 Å². The smallest absolute Gasteiger partial charge is 0.417 e. The highest BCUT2D eigenvalue weighted by molar-refractivity contribution is 5.90. The normalized spacial score (nSPS) is 12.0. The fraction of sp³-hybridized carbons (Fsp3) is 0.444. The molecule has 9 nitrogen and oxygen atoms in total. The number of nitrogens with one attached hydrogen (secondary N) is 3. The highest BCUT2D eigenvalue weighted by atomic mass is 19.4. The molecule has 14 heteroatoms. The molecule has 1 unspecified atom stereocenters. The number of nitrogens with two attached hydrogens (primary N) is 1. The molecule has 41 heavy (non-hydrogen) atoms. The Hall–Kier alpha value is -3.78. The molecule has 0 aliphatic carbocycles. The maximum atomic E-state index is 15.9. The summed E-state index contributed by atoms with van der Waals surface area (Å²) in [4.78, 5) is 16.1. The first kappa shape index (κ1) is 33.4. The summed E-state index contributed by atoms with van der Waals surface area (Å²) < 4.78 is 83.1. The summed E-state index contributed by atoms with van der Waals surface area (Å²) in [5.41, 5.74) is 0.603. The molecule has 0 spiro atoms. The monoisotopic (exact) mass is 586 g/mol. The zero-order chi connectivity index (χ0) is 30.7. The number of aromatic nitrogens is 2. The molecule has 3 rings (SSSR count). The molecular weight excluding hydrogens is 551 g/mol. The van der Waals surface area contributed by atoms with E-state index in [0.717, 1.165) is 13.5 Å². The third-order valence-electron chi connectivity index (χ3n) is 5.85. The third kappa shape index (κ3) is 8.36. The molecule has 226 valence electrons. The average molecular weight is 587 g/mol. The van der Waals surface area contributed by atoms with Crippen LogP contribution in [0, 0.1) is 18.6 Å². The SMILES string of the molecule is CC.CNCCNCCC(C)Oc1nc(-c2cc(N)c(F)c(C)c2C(F)(F)F)c(F)c(NCc2ccon2)c1C=O. The number of hydrogen-bond donors (Lipinski definition) is 4. The van der Waals surface area contributed by atoms with Gasteiger partial charge in [0.15, 0.2) is 12.1 Å². The van der Waals surface area contributed by atoms with Crippen LogP contribution in [0.1, 0.15) is 54.4 Å². The number of benzene rings is 1. The quantitative estimate of drug-likeness (QED) is 0.0908. The van der Waals surface area contributed by atoms with Crippen molar-refractivity contribution in [3.8, 4) is 17.1 Å². The summed E-state index contributed by atoms with van der Waals surface area (Å²) in [6, 6.07) is 2.14. The molecule has 0 aliphatic heterocycles. The van der Waals surface area contributed by atoms with Crippen molar-refractivity contribution in [2.24, 2.45) is 0 Å². The van der Waals surface area contributed by atoms with E-state index >= 15 is 4.39 Å². The van der Waals surface area contributed by atoms with E-state index in [1.807, 2.05) is 13.8 Å². The van der Waals surface area contributed by atoms with Gasteiger partial charge in [-0.3, -0.25) is 4.79 Å². The second-order valence-corrected chi connectivity index (χ2v) is 8.73. The van der Waals surface area contributed by atoms with E-state index in [2.05, 4.69) is 26.1 Å². The lowest BCUT2D eigenvalue weighted by Gasteiger charge is -2.22. The van der Waals surface area contributed by atoms with Crippen LogP contribution in [0.4, 0.5) is 33.3 Å². The van der Waals surface area contributed by atoms with Gasteiger partial charge in [-0.05, 0) is 45.5 Å². The number of aldehydes is 1. The molecule has 0 amide bonds. The van der Waals surface area contributed by atoms with Crippen molar-refractivity contribution < 1.29 is 36.0 Å². The number of nitrogen functional groups attached to an aromatic ring is 1. The number of pyridine rings is 1. The van der Waals surface area contributed by atoms with Gasteiger partial charge in [-0.15, -0.1) is 0 Å². The Morgan fingerprint density at radius 3 is 2.46 bits per heavy atom. The largest absolute Gasteiger partial charge is 0.474 e. The van der Waals surface area contributed by atoms with Gasteiger partial charge < -0.3 is 30.9 Å². The second-order valence-electron chi connectivity index (χ2n) is 8.73. The maximum absolute atomic E-state index is 15.9. The maximum Gasteiger partial charge on any atom is 0.417 e. The van der Waals surface area contributed by atoms with Gasteiger partial charge in [0, 0.05) is 24.7 Å². The molecule has 0 aliphatic rings. The number of carbonyl (C=O) groups is 1. The van der Waals surface area contributed by atoms with Crippen LogP contribution in [0.25, 0.3) is 11.3 Å². The Labute approximate surface area is 235 Å². The number of alkyl halides is 3. The van der Waals surface area contributed by atoms with E-state index in [4.69, 9.17) is 15.0 Å². The van der Waals surface area contributed by atoms with Crippen LogP contribution in [0.3, 0.4) is 0 Å². The highest BCUT2D eigenvalue weighted by Crippen LogP contribution is 2.44. The van der Waals surface area contributed by atoms with Gasteiger partial charge in [-0.25, -0.2) is 13.8 Å². The van der Waals surface area contributed by atoms with E-state index in [0.29, 0.717) is 31.3 Å². The third-order valence-corrected chi connectivity index (χ3v) is 5.85. The first-order valence-electron chi connectivity index (χ1n) is 13.0. The number of likely N-dealkylation sites (N-methyl/N-ethyl adjacent to an activating group) is 1. The number of nitrogens with zero attached hydrogens (tertiary/aromatic N) is 2. The van der Waals surface area contributed by atoms with Gasteiger partial charge in [0.2, 0.25) is 5.88 Å². The summed E-state index contributed by atoms with van der Waals surface area (Å²) in [7, 11) is 1.81. The Kier molecular flexibility index (Phi) is 12.5. The van der Waals surface area contributed by atoms with Crippen LogP contribution in [0.2, 0.25) is 0 Å². The topological polar surface area (TPSA) is 127 Å². The van der Waals surface area contributed by atoms with Gasteiger partial charge in [-0.2, -0.15) is 13.2 Å². The average Bonchev–Trinajstić information content (AvgIpc) is 3.45. The van der Waals surface area contributed by atoms with Crippen molar-refractivity contribution >= 4 is 17.7 Å². The van der Waals surface area contributed by atoms with Crippen molar-refractivity contribution in [1.29, 1.82) is 0 Å². The Morgan fingerprint density at radius 2 is 1.88 bits per heavy atom. The lowest BCUT2D eigenvalue weighted by molar-refractivity contribution is -0.137. The number of ether oxygens (including phenoxy) is 1. The Morgan fingerprint density at radius 1 is 1.17 bits per heavy atom. The minimum atomic E-state index is -5.08. The molecule has 2 aromatic heterocycles. The first-order valence-corrected chi connectivity index (χ1v) is 13.0. The van der Waals surface area contributed by atoms with E-state index < -0.39 is 63.6 Å². The van der Waals surface area contributed by atoms with E-state index in [1.54, 1.807) is 14.0 Å². The fourth-order valence-corrected chi connectivity index (χ4v) is 3.88. The lowest BCUT2D eigenvalue weighted by Crippen LogP contribution is -2.28. The van der Waals surface area contributed by atoms with Gasteiger partial charge in [0.1, 0.15) is 29.0 Å². The zero-order valence-electron chi connectivity index (χ0n) is 23.5. The summed E-state index contributed by atoms with van der Waals surface area (Å²) >= 11 is 0. The van der Waals surface area contributed by atoms with Crippen molar-refractivity contribution in [3.05, 3.63) is 52.4 Å². The molecule has 0 saturated carbocycles. The van der Waals surface area contributed by atoms with Gasteiger partial charge in [0.05, 0.1) is 29.6 Å². The minimum Gasteiger partial charge on any atom is -0.474 e. The standard InChI is InChI=1S/C25H29F5N6O3.C2H6/c1-13(4-6-33-8-7-32-3)39-24-17(12-37)22(34-11-15-5-9-38-36-15)21(27)23(35-24)16-10-18(31)20(26)14(2)19(16)25(28,29)30;1-2/h5,9-10,12-13,32-33H,4,6-8,11,31H2,1-3H3,(H,34,35);1-2H3. The highest BCUT2D eigenvalue weighted by Gasteiger charge is 2.39. The summed E-state index contributed by atoms with van der Waals surface area (Å²) in [6.45, 7) is 8.36. The number of anilines is 2. The van der Waals surface area contributed by atoms with E-state index in [9.17, 15) is 22.4 Å². The summed E-state index contributed by atoms with van der Waals surface area (Å²) in [5.74, 6) is -2.97. The molecule has 3 aromatic rings. The molecular formula is C27H35F5N6O3. The minimum absolute atomic E-state index is 0.140. The summed E-state index contributed by atoms with van der Waals surface area (Å²) in [5, 5.41) is 12.5. The number of hydrogen-bond acceptors (Lipinski definition) is 9. The molecule has 2 heterocycles. The molecule has 0 saturated heterocycles. The molecule has 0 radical (unpaired) electrons. The molecule has 5 N–H and O–H groups in total. The molecule has 1 aromatic carbocycles. The molecule has 0 bridgehead atoms. The van der Waals surface area contributed by atoms with E-state index in [-0.39, 0.29) is 18.4 Å². The van der Waals surface area contributed by atoms with Crippen molar-refractivity contribution in [1.82, 2.24) is 20.8 Å². The van der Waals surface area contributed by atoms with Gasteiger partial charge in [0.25, 0.3) is 0 Å². The second kappa shape index (κ2) is 15.3. The molecule has 0 fully saturated rings. The number of halogens is 5. The van der Waals surface area contributed by atoms with Crippen LogP contribution in [-0.2, 0) is 12.7 Å². The zero-order valence-corrected chi connectivity index (χ0v) is 23.5. The number of rotatable bonds is 13. The van der Waals surface area contributed by atoms with Crippen LogP contribution in [0.5, 0.6) is 5.88 Å². The van der Waals surface area contributed by atoms with Crippen LogP contribution in [-0.4, -0.2) is 49.2 Å². The number of carbonyl (C=O) groups excluding carboxylic acids is 1. The van der Waals surface area contributed by atoms with Crippen LogP contribution < -0.4 is 26.4 Å². The Bertz CT molecular complexity index is 1290. The predicted molar refractivity (Wildman–Crippen MR) is 146 cm³/mol. The predicted octanol–water partition coefficient (Wildman–Crippen LogP) is 5.34. The summed E-state index contributed by atoms with van der Waals surface area (Å²) in [6.07, 6.45) is -3.65. The van der Waals surface area contributed by atoms with Crippen LogP contribution in [0.15, 0.2) is 22.9 Å². The first-order chi connectivity index (χ1) is 19.5. The fourth-order valence-electron chi connectivity index (χ4n) is 3.88. The van der Waals surface area contributed by atoms with Crippen molar-refractivity contribution in [2.45, 2.75) is 52.9 Å². The Balaban J connectivity index is 0.00000287. The van der Waals surface area contributed by atoms with Crippen molar-refractivity contribution in [2.75, 3.05) is 37.7 Å². The van der Waals surface area contributed by atoms with E-state index in [1.165, 1.54) is 12.3 Å². The van der Waals surface area contributed by atoms with Gasteiger partial charge >= 0.3 is 6.18 Å². The van der Waals surface area contributed by atoms with Crippen molar-refractivity contribution in [3.63, 3.8) is 0 Å². The van der Waals surface area contributed by atoms with Gasteiger partial charge in [-0.1, -0.05) is 19.0 Å². The lowest BCUT2D eigenvalue weighted by atomic mass is 9.95.